The third-order valence-electron chi connectivity index (χ3n) is 1.61. The quantitative estimate of drug-likeness (QED) is 0.766. The lowest BCUT2D eigenvalue weighted by Crippen LogP contribution is -2.49. The Morgan fingerprint density at radius 2 is 1.33 bits per heavy atom. The SMILES string of the molecule is CC(N)C(OC(C)C(F)(F)F)C(F)(F)F. The predicted molar refractivity (Wildman–Crippen MR) is 40.1 cm³/mol. The van der Waals surface area contributed by atoms with Gasteiger partial charge in [-0.25, -0.2) is 0 Å². The summed E-state index contributed by atoms with van der Waals surface area (Å²) >= 11 is 0. The number of hydrogen-bond acceptors (Lipinski definition) is 2. The standard InChI is InChI=1S/C7H11F6NO/c1-3(14)5(7(11,12)13)15-4(2)6(8,9)10/h3-5H,14H2,1-2H3. The van der Waals surface area contributed by atoms with Crippen LogP contribution < -0.4 is 5.73 Å². The van der Waals surface area contributed by atoms with Crippen molar-refractivity contribution in [1.82, 2.24) is 0 Å². The fraction of sp³-hybridized carbons (Fsp3) is 1.00. The largest absolute Gasteiger partial charge is 0.416 e. The van der Waals surface area contributed by atoms with E-state index in [-0.39, 0.29) is 0 Å². The highest BCUT2D eigenvalue weighted by Gasteiger charge is 2.48. The molecule has 0 radical (unpaired) electrons. The molecule has 3 unspecified atom stereocenters. The van der Waals surface area contributed by atoms with Gasteiger partial charge in [-0.05, 0) is 13.8 Å². The Labute approximate surface area is 82.4 Å². The molecule has 0 aromatic heterocycles. The second-order valence-electron chi connectivity index (χ2n) is 3.14. The second-order valence-corrected chi connectivity index (χ2v) is 3.14. The van der Waals surface area contributed by atoms with E-state index >= 15 is 0 Å². The highest BCUT2D eigenvalue weighted by Crippen LogP contribution is 2.30. The number of ether oxygens (including phenoxy) is 1. The van der Waals surface area contributed by atoms with Crippen molar-refractivity contribution >= 4 is 0 Å². The summed E-state index contributed by atoms with van der Waals surface area (Å²) < 4.78 is 76.1. The van der Waals surface area contributed by atoms with Crippen LogP contribution >= 0.6 is 0 Å². The average molecular weight is 239 g/mol. The Bertz CT molecular complexity index is 199. The molecule has 8 heteroatoms. The lowest BCUT2D eigenvalue weighted by molar-refractivity contribution is -0.284. The summed E-state index contributed by atoms with van der Waals surface area (Å²) in [6.07, 6.45) is -14.9. The van der Waals surface area contributed by atoms with E-state index in [1.165, 1.54) is 0 Å². The maximum absolute atomic E-state index is 12.1. The minimum Gasteiger partial charge on any atom is -0.355 e. The zero-order valence-electron chi connectivity index (χ0n) is 7.99. The van der Waals surface area contributed by atoms with E-state index in [2.05, 4.69) is 4.74 Å². The van der Waals surface area contributed by atoms with E-state index in [1.807, 2.05) is 0 Å². The molecule has 0 rings (SSSR count). The van der Waals surface area contributed by atoms with Crippen molar-refractivity contribution in [3.63, 3.8) is 0 Å². The van der Waals surface area contributed by atoms with Crippen LogP contribution in [0.3, 0.4) is 0 Å². The molecular weight excluding hydrogens is 228 g/mol. The van der Waals surface area contributed by atoms with Gasteiger partial charge in [0.15, 0.2) is 12.2 Å². The number of nitrogens with two attached hydrogens (primary N) is 1. The Morgan fingerprint density at radius 3 is 1.53 bits per heavy atom. The Kier molecular flexibility index (Phi) is 4.41. The first-order chi connectivity index (χ1) is 6.46. The molecule has 0 aliphatic carbocycles. The topological polar surface area (TPSA) is 35.2 Å². The summed E-state index contributed by atoms with van der Waals surface area (Å²) in [6.45, 7) is 1.43. The average Bonchev–Trinajstić information content (AvgIpc) is 1.94. The summed E-state index contributed by atoms with van der Waals surface area (Å²) in [5, 5.41) is 0. The van der Waals surface area contributed by atoms with Crippen molar-refractivity contribution in [3.05, 3.63) is 0 Å². The number of hydrogen-bond donors (Lipinski definition) is 1. The van der Waals surface area contributed by atoms with Crippen molar-refractivity contribution in [2.75, 3.05) is 0 Å². The number of halogens is 6. The van der Waals surface area contributed by atoms with Gasteiger partial charge in [0.1, 0.15) is 0 Å². The van der Waals surface area contributed by atoms with Gasteiger partial charge in [-0.15, -0.1) is 0 Å². The first-order valence-electron chi connectivity index (χ1n) is 4.00. The van der Waals surface area contributed by atoms with Crippen LogP contribution in [-0.4, -0.2) is 30.6 Å². The van der Waals surface area contributed by atoms with Gasteiger partial charge in [0.05, 0.1) is 0 Å². The van der Waals surface area contributed by atoms with Gasteiger partial charge >= 0.3 is 12.4 Å². The Morgan fingerprint density at radius 1 is 0.933 bits per heavy atom. The third-order valence-corrected chi connectivity index (χ3v) is 1.61. The summed E-state index contributed by atoms with van der Waals surface area (Å²) in [7, 11) is 0. The van der Waals surface area contributed by atoms with E-state index in [1.54, 1.807) is 0 Å². The summed E-state index contributed by atoms with van der Waals surface area (Å²) in [4.78, 5) is 0. The molecule has 0 aliphatic heterocycles. The lowest BCUT2D eigenvalue weighted by atomic mass is 10.2. The van der Waals surface area contributed by atoms with Crippen LogP contribution in [0.15, 0.2) is 0 Å². The molecule has 92 valence electrons. The first-order valence-corrected chi connectivity index (χ1v) is 4.00. The molecule has 15 heavy (non-hydrogen) atoms. The third kappa shape index (κ3) is 4.70. The fourth-order valence-corrected chi connectivity index (χ4v) is 0.796. The summed E-state index contributed by atoms with van der Waals surface area (Å²) in [6, 6.07) is -1.56. The number of alkyl halides is 6. The zero-order valence-corrected chi connectivity index (χ0v) is 7.99. The van der Waals surface area contributed by atoms with Crippen molar-refractivity contribution < 1.29 is 31.1 Å². The van der Waals surface area contributed by atoms with Crippen LogP contribution in [0.5, 0.6) is 0 Å². The van der Waals surface area contributed by atoms with Gasteiger partial charge < -0.3 is 10.5 Å². The molecule has 2 nitrogen and oxygen atoms in total. The maximum Gasteiger partial charge on any atom is 0.416 e. The van der Waals surface area contributed by atoms with Gasteiger partial charge in [-0.3, -0.25) is 0 Å². The van der Waals surface area contributed by atoms with Crippen LogP contribution in [-0.2, 0) is 4.74 Å². The van der Waals surface area contributed by atoms with Crippen molar-refractivity contribution in [2.45, 2.75) is 44.4 Å². The molecule has 2 N–H and O–H groups in total. The molecule has 0 amide bonds. The molecule has 0 spiro atoms. The highest BCUT2D eigenvalue weighted by atomic mass is 19.4. The molecule has 0 aromatic rings. The van der Waals surface area contributed by atoms with E-state index in [0.717, 1.165) is 6.92 Å². The van der Waals surface area contributed by atoms with Gasteiger partial charge in [0, 0.05) is 6.04 Å². The lowest BCUT2D eigenvalue weighted by Gasteiger charge is -2.28. The monoisotopic (exact) mass is 239 g/mol. The predicted octanol–water partition coefficient (Wildman–Crippen LogP) is 2.23. The normalized spacial score (nSPS) is 19.8. The van der Waals surface area contributed by atoms with E-state index < -0.39 is 30.6 Å². The van der Waals surface area contributed by atoms with Crippen molar-refractivity contribution in [1.29, 1.82) is 0 Å². The van der Waals surface area contributed by atoms with Gasteiger partial charge in [-0.1, -0.05) is 0 Å². The van der Waals surface area contributed by atoms with Crippen LogP contribution in [0.4, 0.5) is 26.3 Å². The molecule has 0 fully saturated rings. The molecular formula is C7H11F6NO. The van der Waals surface area contributed by atoms with Gasteiger partial charge in [0.2, 0.25) is 0 Å². The summed E-state index contributed by atoms with van der Waals surface area (Å²) in [5.74, 6) is 0. The van der Waals surface area contributed by atoms with Crippen molar-refractivity contribution in [2.24, 2.45) is 5.73 Å². The minimum atomic E-state index is -4.91. The highest BCUT2D eigenvalue weighted by molar-refractivity contribution is 4.79. The van der Waals surface area contributed by atoms with Crippen LogP contribution in [0, 0.1) is 0 Å². The molecule has 0 aliphatic rings. The van der Waals surface area contributed by atoms with Gasteiger partial charge in [-0.2, -0.15) is 26.3 Å². The Balaban J connectivity index is 4.58. The van der Waals surface area contributed by atoms with Crippen LogP contribution in [0.25, 0.3) is 0 Å². The van der Waals surface area contributed by atoms with E-state index in [9.17, 15) is 26.3 Å². The second kappa shape index (κ2) is 4.56. The van der Waals surface area contributed by atoms with E-state index in [4.69, 9.17) is 5.73 Å². The molecule has 0 bridgehead atoms. The number of rotatable bonds is 3. The smallest absolute Gasteiger partial charge is 0.355 e. The molecule has 3 atom stereocenters. The molecule has 0 saturated heterocycles. The molecule has 0 saturated carbocycles. The fourth-order valence-electron chi connectivity index (χ4n) is 0.796. The van der Waals surface area contributed by atoms with Crippen LogP contribution in [0.1, 0.15) is 13.8 Å². The maximum atomic E-state index is 12.1. The van der Waals surface area contributed by atoms with Gasteiger partial charge in [0.25, 0.3) is 0 Å². The van der Waals surface area contributed by atoms with E-state index in [0.29, 0.717) is 6.92 Å². The summed E-state index contributed by atoms with van der Waals surface area (Å²) in [5.41, 5.74) is 4.90. The first kappa shape index (κ1) is 14.5. The molecule has 0 heterocycles. The Hall–Kier alpha value is -0.500. The van der Waals surface area contributed by atoms with Crippen LogP contribution in [0.2, 0.25) is 0 Å². The van der Waals surface area contributed by atoms with Crippen molar-refractivity contribution in [3.8, 4) is 0 Å². The zero-order chi connectivity index (χ0) is 12.4. The minimum absolute atomic E-state index is 0.501. The molecule has 0 aromatic carbocycles.